The number of para-hydroxylation sites is 1. The van der Waals surface area contributed by atoms with Gasteiger partial charge in [-0.15, -0.1) is 0 Å². The number of H-pyrrole nitrogens is 1. The third-order valence-corrected chi connectivity index (χ3v) is 4.34. The second-order valence-electron chi connectivity index (χ2n) is 6.04. The third kappa shape index (κ3) is 2.53. The molecule has 0 radical (unpaired) electrons. The fourth-order valence-electron chi connectivity index (χ4n) is 2.99. The first kappa shape index (κ1) is 15.3. The number of nitrogens with one attached hydrogen (secondary N) is 1. The molecule has 0 saturated carbocycles. The molecule has 25 heavy (non-hydrogen) atoms. The third-order valence-electron chi connectivity index (χ3n) is 4.34. The van der Waals surface area contributed by atoms with Crippen LogP contribution >= 0.6 is 0 Å². The average Bonchev–Trinajstić information content (AvgIpc) is 3.19. The number of halogens is 1. The predicted octanol–water partition coefficient (Wildman–Crippen LogP) is 3.42. The van der Waals surface area contributed by atoms with Crippen molar-refractivity contribution >= 4 is 27.8 Å². The van der Waals surface area contributed by atoms with Crippen LogP contribution in [-0.2, 0) is 6.54 Å². The second-order valence-corrected chi connectivity index (χ2v) is 6.04. The Hall–Kier alpha value is -3.22. The highest BCUT2D eigenvalue weighted by molar-refractivity contribution is 6.00. The fourth-order valence-corrected chi connectivity index (χ4v) is 2.99. The van der Waals surface area contributed by atoms with E-state index >= 15 is 0 Å². The minimum absolute atomic E-state index is 0.202. The van der Waals surface area contributed by atoms with Crippen LogP contribution < -0.4 is 0 Å². The molecule has 0 fully saturated rings. The molecule has 0 aliphatic heterocycles. The number of rotatable bonds is 3. The molecule has 0 bridgehead atoms. The minimum Gasteiger partial charge on any atom is -0.348 e. The maximum atomic E-state index is 13.9. The number of carbonyl (C=O) groups excluding carboxylic acids is 1. The Balaban J connectivity index is 1.63. The Bertz CT molecular complexity index is 1100. The Morgan fingerprint density at radius 3 is 2.84 bits per heavy atom. The number of fused-ring (bicyclic) bond motifs is 2. The summed E-state index contributed by atoms with van der Waals surface area (Å²) >= 11 is 0. The van der Waals surface area contributed by atoms with Crippen molar-refractivity contribution in [3.8, 4) is 0 Å². The summed E-state index contributed by atoms with van der Waals surface area (Å²) in [7, 11) is 1.70. The molecule has 0 aliphatic rings. The van der Waals surface area contributed by atoms with Crippen molar-refractivity contribution in [3.05, 3.63) is 59.0 Å². The van der Waals surface area contributed by atoms with E-state index in [1.165, 1.54) is 6.07 Å². The van der Waals surface area contributed by atoms with Gasteiger partial charge < -0.3 is 9.88 Å². The lowest BCUT2D eigenvalue weighted by Crippen LogP contribution is -2.27. The topological polar surface area (TPSA) is 75.0 Å². The Morgan fingerprint density at radius 2 is 2.04 bits per heavy atom. The van der Waals surface area contributed by atoms with Crippen molar-refractivity contribution in [2.45, 2.75) is 13.5 Å². The van der Waals surface area contributed by atoms with Crippen LogP contribution in [-0.4, -0.2) is 33.2 Å². The minimum atomic E-state index is -0.369. The molecule has 4 rings (SSSR count). The van der Waals surface area contributed by atoms with E-state index in [1.54, 1.807) is 30.1 Å². The molecular weight excluding hydrogens is 323 g/mol. The number of aromatic nitrogens is 3. The molecule has 0 saturated heterocycles. The number of amides is 1. The van der Waals surface area contributed by atoms with E-state index in [4.69, 9.17) is 0 Å². The quantitative estimate of drug-likeness (QED) is 0.621. The molecule has 0 unspecified atom stereocenters. The summed E-state index contributed by atoms with van der Waals surface area (Å²) in [5.41, 5.74) is 3.70. The fraction of sp³-hybridized carbons (Fsp3) is 0.167. The molecular formula is C18H15FN4O2. The van der Waals surface area contributed by atoms with E-state index in [2.05, 4.69) is 19.9 Å². The lowest BCUT2D eigenvalue weighted by molar-refractivity contribution is 0.0779. The summed E-state index contributed by atoms with van der Waals surface area (Å²) in [6, 6.07) is 10.3. The summed E-state index contributed by atoms with van der Waals surface area (Å²) < 4.78 is 18.6. The highest BCUT2D eigenvalue weighted by Crippen LogP contribution is 2.25. The molecule has 7 heteroatoms. The van der Waals surface area contributed by atoms with Crippen molar-refractivity contribution in [3.63, 3.8) is 0 Å². The van der Waals surface area contributed by atoms with Gasteiger partial charge in [-0.2, -0.15) is 0 Å². The van der Waals surface area contributed by atoms with E-state index in [-0.39, 0.29) is 11.7 Å². The van der Waals surface area contributed by atoms with Crippen LogP contribution in [0.5, 0.6) is 0 Å². The summed E-state index contributed by atoms with van der Waals surface area (Å²) in [5.74, 6) is -0.572. The van der Waals surface area contributed by atoms with Crippen molar-refractivity contribution in [2.24, 2.45) is 0 Å². The van der Waals surface area contributed by atoms with Gasteiger partial charge in [0.05, 0.1) is 5.52 Å². The number of aryl methyl sites for hydroxylation is 1. The van der Waals surface area contributed by atoms with Gasteiger partial charge in [-0.3, -0.25) is 4.79 Å². The van der Waals surface area contributed by atoms with Crippen molar-refractivity contribution in [2.75, 3.05) is 7.05 Å². The molecule has 2 heterocycles. The van der Waals surface area contributed by atoms with Gasteiger partial charge in [0.2, 0.25) is 0 Å². The molecule has 2 aromatic heterocycles. The first-order valence-corrected chi connectivity index (χ1v) is 7.78. The molecule has 0 spiro atoms. The van der Waals surface area contributed by atoms with Crippen LogP contribution in [0.25, 0.3) is 21.9 Å². The second kappa shape index (κ2) is 5.70. The first-order valence-electron chi connectivity index (χ1n) is 7.78. The first-order chi connectivity index (χ1) is 12.0. The van der Waals surface area contributed by atoms with Crippen LogP contribution in [0.2, 0.25) is 0 Å². The highest BCUT2D eigenvalue weighted by Gasteiger charge is 2.20. The van der Waals surface area contributed by atoms with Crippen LogP contribution in [0.1, 0.15) is 21.6 Å². The molecule has 0 atom stereocenters. The predicted molar refractivity (Wildman–Crippen MR) is 90.6 cm³/mol. The molecule has 6 nitrogen and oxygen atoms in total. The van der Waals surface area contributed by atoms with Crippen LogP contribution in [0.4, 0.5) is 4.39 Å². The number of hydrogen-bond acceptors (Lipinski definition) is 4. The monoisotopic (exact) mass is 338 g/mol. The highest BCUT2D eigenvalue weighted by atomic mass is 19.1. The van der Waals surface area contributed by atoms with Gasteiger partial charge in [0, 0.05) is 19.0 Å². The molecule has 1 amide bonds. The zero-order valence-electron chi connectivity index (χ0n) is 13.7. The number of nitrogens with zero attached hydrogens (tertiary/aromatic N) is 3. The molecule has 2 aromatic carbocycles. The van der Waals surface area contributed by atoms with Gasteiger partial charge >= 0.3 is 0 Å². The maximum absolute atomic E-state index is 13.9. The van der Waals surface area contributed by atoms with Gasteiger partial charge in [0.25, 0.3) is 5.91 Å². The van der Waals surface area contributed by atoms with Crippen LogP contribution in [0.15, 0.2) is 41.0 Å². The summed E-state index contributed by atoms with van der Waals surface area (Å²) in [6.45, 7) is 2.20. The van der Waals surface area contributed by atoms with Gasteiger partial charge in [-0.1, -0.05) is 18.2 Å². The Morgan fingerprint density at radius 1 is 1.24 bits per heavy atom. The number of aromatic amines is 1. The molecule has 4 aromatic rings. The standard InChI is InChI=1S/C18H15FN4O2/c1-10-12-4-3-5-13(19)17(12)20-16(10)18(24)23(2)9-11-6-7-14-15(8-11)22-25-21-14/h3-8,20H,9H2,1-2H3. The molecule has 1 N–H and O–H groups in total. The van der Waals surface area contributed by atoms with Gasteiger partial charge in [-0.25, -0.2) is 9.02 Å². The largest absolute Gasteiger partial charge is 0.348 e. The summed E-state index contributed by atoms with van der Waals surface area (Å²) in [5, 5.41) is 8.28. The lowest BCUT2D eigenvalue weighted by Gasteiger charge is -2.17. The van der Waals surface area contributed by atoms with Crippen LogP contribution in [0.3, 0.4) is 0 Å². The van der Waals surface area contributed by atoms with E-state index in [9.17, 15) is 9.18 Å². The SMILES string of the molecule is Cc1c(C(=O)N(C)Cc2ccc3nonc3c2)[nH]c2c(F)cccc12. The average molecular weight is 338 g/mol. The van der Waals surface area contributed by atoms with Crippen molar-refractivity contribution in [1.82, 2.24) is 20.2 Å². The normalized spacial score (nSPS) is 11.3. The molecule has 126 valence electrons. The van der Waals surface area contributed by atoms with E-state index < -0.39 is 0 Å². The smallest absolute Gasteiger partial charge is 0.270 e. The Kier molecular flexibility index (Phi) is 3.49. The van der Waals surface area contributed by atoms with Gasteiger partial charge in [-0.05, 0) is 46.6 Å². The van der Waals surface area contributed by atoms with E-state index in [0.717, 1.165) is 11.1 Å². The number of carbonyl (C=O) groups is 1. The summed E-state index contributed by atoms with van der Waals surface area (Å²) in [4.78, 5) is 17.3. The van der Waals surface area contributed by atoms with Crippen molar-refractivity contribution in [1.29, 1.82) is 0 Å². The van der Waals surface area contributed by atoms with E-state index in [1.807, 2.05) is 19.1 Å². The van der Waals surface area contributed by atoms with Gasteiger partial charge in [0.1, 0.15) is 22.5 Å². The van der Waals surface area contributed by atoms with Crippen LogP contribution in [0, 0.1) is 12.7 Å². The summed E-state index contributed by atoms with van der Waals surface area (Å²) in [6.07, 6.45) is 0. The Labute approximate surface area is 142 Å². The number of hydrogen-bond donors (Lipinski definition) is 1. The zero-order valence-corrected chi connectivity index (χ0v) is 13.7. The van der Waals surface area contributed by atoms with Crippen molar-refractivity contribution < 1.29 is 13.8 Å². The van der Waals surface area contributed by atoms with E-state index in [0.29, 0.717) is 34.2 Å². The number of benzene rings is 2. The zero-order chi connectivity index (χ0) is 17.6. The molecule has 0 aliphatic carbocycles. The lowest BCUT2D eigenvalue weighted by atomic mass is 10.1. The van der Waals surface area contributed by atoms with Gasteiger partial charge in [0.15, 0.2) is 0 Å². The maximum Gasteiger partial charge on any atom is 0.270 e.